The molecule has 2 aromatic rings. The van der Waals surface area contributed by atoms with Gasteiger partial charge in [0, 0.05) is 6.42 Å². The minimum absolute atomic E-state index is 0.0813. The fraction of sp³-hybridized carbons (Fsp3) is 0.318. The van der Waals surface area contributed by atoms with Gasteiger partial charge in [-0.15, -0.1) is 5.92 Å². The van der Waals surface area contributed by atoms with Crippen molar-refractivity contribution in [1.29, 1.82) is 0 Å². The quantitative estimate of drug-likeness (QED) is 0.463. The van der Waals surface area contributed by atoms with Crippen molar-refractivity contribution in [3.63, 3.8) is 0 Å². The number of benzene rings is 2. The van der Waals surface area contributed by atoms with Crippen LogP contribution in [0.5, 0.6) is 11.5 Å². The number of aliphatic carboxylic acids is 1. The first-order valence-electron chi connectivity index (χ1n) is 8.97. The van der Waals surface area contributed by atoms with Crippen LogP contribution in [0.4, 0.5) is 13.2 Å². The van der Waals surface area contributed by atoms with Crippen LogP contribution in [0, 0.1) is 11.8 Å². The van der Waals surface area contributed by atoms with Gasteiger partial charge in [-0.05, 0) is 36.8 Å². The fourth-order valence-corrected chi connectivity index (χ4v) is 2.66. The summed E-state index contributed by atoms with van der Waals surface area (Å²) in [5, 5.41) is 8.97. The summed E-state index contributed by atoms with van der Waals surface area (Å²) < 4.78 is 49.5. The predicted octanol–water partition coefficient (Wildman–Crippen LogP) is 5.13. The van der Waals surface area contributed by atoms with Crippen LogP contribution in [-0.4, -0.2) is 24.3 Å². The topological polar surface area (TPSA) is 55.8 Å². The Morgan fingerprint density at radius 1 is 1.07 bits per heavy atom. The van der Waals surface area contributed by atoms with Crippen LogP contribution in [0.25, 0.3) is 0 Å². The van der Waals surface area contributed by atoms with Crippen molar-refractivity contribution in [3.05, 3.63) is 59.7 Å². The van der Waals surface area contributed by atoms with E-state index in [9.17, 15) is 18.0 Å². The third kappa shape index (κ3) is 7.07. The largest absolute Gasteiger partial charge is 0.493 e. The molecule has 7 heteroatoms. The molecule has 0 spiro atoms. The van der Waals surface area contributed by atoms with Gasteiger partial charge in [0.25, 0.3) is 0 Å². The zero-order valence-corrected chi connectivity index (χ0v) is 15.8. The van der Waals surface area contributed by atoms with E-state index in [2.05, 4.69) is 11.8 Å². The van der Waals surface area contributed by atoms with Crippen LogP contribution in [-0.2, 0) is 11.0 Å². The SMILES string of the molecule is CC#CC(CC(=O)O)c1ccc(OCCCOc2ccccc2C(F)(F)F)cc1. The molecule has 0 saturated carbocycles. The summed E-state index contributed by atoms with van der Waals surface area (Å²) in [6, 6.07) is 12.0. The Balaban J connectivity index is 1.83. The highest BCUT2D eigenvalue weighted by atomic mass is 19.4. The van der Waals surface area contributed by atoms with Crippen LogP contribution >= 0.6 is 0 Å². The first-order valence-corrected chi connectivity index (χ1v) is 8.97. The van der Waals surface area contributed by atoms with Crippen molar-refractivity contribution in [1.82, 2.24) is 0 Å². The van der Waals surface area contributed by atoms with Crippen LogP contribution in [0.2, 0.25) is 0 Å². The molecule has 0 aliphatic carbocycles. The number of hydrogen-bond donors (Lipinski definition) is 1. The Kier molecular flexibility index (Phi) is 7.96. The molecule has 2 aromatic carbocycles. The van der Waals surface area contributed by atoms with Gasteiger partial charge < -0.3 is 14.6 Å². The number of alkyl halides is 3. The van der Waals surface area contributed by atoms with Gasteiger partial charge in [0.1, 0.15) is 11.5 Å². The fourth-order valence-electron chi connectivity index (χ4n) is 2.66. The summed E-state index contributed by atoms with van der Waals surface area (Å²) in [4.78, 5) is 10.9. The van der Waals surface area contributed by atoms with Gasteiger partial charge in [-0.3, -0.25) is 4.79 Å². The van der Waals surface area contributed by atoms with Gasteiger partial charge in [0.2, 0.25) is 0 Å². The Labute approximate surface area is 167 Å². The van der Waals surface area contributed by atoms with E-state index in [1.54, 1.807) is 31.2 Å². The van der Waals surface area contributed by atoms with Crippen LogP contribution in [0.1, 0.15) is 36.8 Å². The van der Waals surface area contributed by atoms with Gasteiger partial charge in [0.05, 0.1) is 31.1 Å². The molecular weight excluding hydrogens is 385 g/mol. The van der Waals surface area contributed by atoms with Crippen LogP contribution in [0.3, 0.4) is 0 Å². The molecule has 0 bridgehead atoms. The number of carboxylic acid groups (broad SMARTS) is 1. The number of carbonyl (C=O) groups is 1. The van der Waals surface area contributed by atoms with Gasteiger partial charge in [0.15, 0.2) is 0 Å². The van der Waals surface area contributed by atoms with Gasteiger partial charge in [-0.25, -0.2) is 0 Å². The lowest BCUT2D eigenvalue weighted by molar-refractivity contribution is -0.139. The lowest BCUT2D eigenvalue weighted by Gasteiger charge is -2.14. The second kappa shape index (κ2) is 10.4. The van der Waals surface area contributed by atoms with Crippen LogP contribution < -0.4 is 9.47 Å². The van der Waals surface area contributed by atoms with Crippen molar-refractivity contribution in [3.8, 4) is 23.3 Å². The molecule has 0 fully saturated rings. The van der Waals surface area contributed by atoms with E-state index in [1.807, 2.05) is 0 Å². The third-order valence-corrected chi connectivity index (χ3v) is 3.99. The maximum atomic E-state index is 12.9. The lowest BCUT2D eigenvalue weighted by atomic mass is 9.96. The van der Waals surface area contributed by atoms with E-state index in [1.165, 1.54) is 18.2 Å². The third-order valence-electron chi connectivity index (χ3n) is 3.99. The van der Waals surface area contributed by atoms with Crippen molar-refractivity contribution in [2.75, 3.05) is 13.2 Å². The predicted molar refractivity (Wildman–Crippen MR) is 102 cm³/mol. The monoisotopic (exact) mass is 406 g/mol. The van der Waals surface area contributed by atoms with Gasteiger partial charge >= 0.3 is 12.1 Å². The smallest absolute Gasteiger partial charge is 0.419 e. The molecular formula is C22H21F3O4. The average Bonchev–Trinajstić information content (AvgIpc) is 2.67. The first-order chi connectivity index (χ1) is 13.8. The summed E-state index contributed by atoms with van der Waals surface area (Å²) in [6.45, 7) is 2.00. The molecule has 0 radical (unpaired) electrons. The number of halogens is 3. The molecule has 1 unspecified atom stereocenters. The zero-order valence-electron chi connectivity index (χ0n) is 15.8. The summed E-state index contributed by atoms with van der Waals surface area (Å²) >= 11 is 0. The van der Waals surface area contributed by atoms with Crippen molar-refractivity contribution in [2.45, 2.75) is 31.9 Å². The molecule has 1 atom stereocenters. The Bertz CT molecular complexity index is 864. The molecule has 154 valence electrons. The summed E-state index contributed by atoms with van der Waals surface area (Å²) in [5.74, 6) is 4.65. The molecule has 0 aliphatic heterocycles. The molecule has 1 N–H and O–H groups in total. The Morgan fingerprint density at radius 2 is 1.72 bits per heavy atom. The van der Waals surface area contributed by atoms with Crippen LogP contribution in [0.15, 0.2) is 48.5 Å². The van der Waals surface area contributed by atoms with E-state index >= 15 is 0 Å². The zero-order chi connectivity index (χ0) is 21.3. The van der Waals surface area contributed by atoms with E-state index in [0.717, 1.165) is 11.6 Å². The van der Waals surface area contributed by atoms with Crippen molar-refractivity contribution >= 4 is 5.97 Å². The maximum absolute atomic E-state index is 12.9. The van der Waals surface area contributed by atoms with E-state index in [-0.39, 0.29) is 25.4 Å². The van der Waals surface area contributed by atoms with E-state index < -0.39 is 23.6 Å². The molecule has 0 aliphatic rings. The Morgan fingerprint density at radius 3 is 2.34 bits per heavy atom. The summed E-state index contributed by atoms with van der Waals surface area (Å²) in [6.07, 6.45) is -4.15. The maximum Gasteiger partial charge on any atom is 0.419 e. The second-order valence-electron chi connectivity index (χ2n) is 6.16. The minimum Gasteiger partial charge on any atom is -0.493 e. The highest BCUT2D eigenvalue weighted by Crippen LogP contribution is 2.35. The minimum atomic E-state index is -4.46. The highest BCUT2D eigenvalue weighted by molar-refractivity contribution is 5.69. The molecule has 0 amide bonds. The second-order valence-corrected chi connectivity index (χ2v) is 6.16. The number of ether oxygens (including phenoxy) is 2. The summed E-state index contributed by atoms with van der Waals surface area (Å²) in [7, 11) is 0. The highest BCUT2D eigenvalue weighted by Gasteiger charge is 2.33. The average molecular weight is 406 g/mol. The van der Waals surface area contributed by atoms with E-state index in [0.29, 0.717) is 12.2 Å². The van der Waals surface area contributed by atoms with Crippen molar-refractivity contribution in [2.24, 2.45) is 0 Å². The van der Waals surface area contributed by atoms with E-state index in [4.69, 9.17) is 14.6 Å². The normalized spacial score (nSPS) is 11.9. The number of carboxylic acids is 1. The summed E-state index contributed by atoms with van der Waals surface area (Å²) in [5.41, 5.74) is -0.0243. The molecule has 0 heterocycles. The molecule has 0 aromatic heterocycles. The number of rotatable bonds is 9. The van der Waals surface area contributed by atoms with Gasteiger partial charge in [-0.1, -0.05) is 30.2 Å². The number of hydrogen-bond acceptors (Lipinski definition) is 3. The standard InChI is InChI=1S/C22H21F3O4/c1-2-6-17(15-21(26)27)16-9-11-18(12-10-16)28-13-5-14-29-20-8-4-3-7-19(20)22(23,24)25/h3-4,7-12,17H,5,13-15H2,1H3,(H,26,27). The van der Waals surface area contributed by atoms with Crippen molar-refractivity contribution < 1.29 is 32.5 Å². The molecule has 2 rings (SSSR count). The molecule has 4 nitrogen and oxygen atoms in total. The lowest BCUT2D eigenvalue weighted by Crippen LogP contribution is -2.10. The molecule has 0 saturated heterocycles. The number of para-hydroxylation sites is 1. The first kappa shape index (κ1) is 22.2. The Hall–Kier alpha value is -3.14. The molecule has 29 heavy (non-hydrogen) atoms. The van der Waals surface area contributed by atoms with Gasteiger partial charge in [-0.2, -0.15) is 13.2 Å².